The number of piperidine rings is 1. The fourth-order valence-electron chi connectivity index (χ4n) is 2.74. The van der Waals surface area contributed by atoms with E-state index in [-0.39, 0.29) is 23.0 Å². The number of rotatable bonds is 2. The molecule has 0 aromatic carbocycles. The lowest BCUT2D eigenvalue weighted by molar-refractivity contribution is -0.255. The van der Waals surface area contributed by atoms with E-state index in [4.69, 9.17) is 11.3 Å². The zero-order valence-corrected chi connectivity index (χ0v) is 12.4. The van der Waals surface area contributed by atoms with Gasteiger partial charge in [0.05, 0.1) is 0 Å². The molecule has 1 N–H and O–H groups in total. The van der Waals surface area contributed by atoms with E-state index in [9.17, 15) is 5.21 Å². The van der Waals surface area contributed by atoms with Crippen LogP contribution in [0.25, 0.3) is 4.85 Å². The largest absolute Gasteiger partial charge is 0.481 e. The minimum atomic E-state index is -0.381. The Morgan fingerprint density at radius 2 is 1.89 bits per heavy atom. The Morgan fingerprint density at radius 1 is 1.32 bits per heavy atom. The summed E-state index contributed by atoms with van der Waals surface area (Å²) in [6, 6.07) is 0. The van der Waals surface area contributed by atoms with Crippen LogP contribution in [-0.4, -0.2) is 36.2 Å². The summed E-state index contributed by atoms with van der Waals surface area (Å²) < 4.78 is 13.7. The second-order valence-corrected chi connectivity index (χ2v) is 6.62. The van der Waals surface area contributed by atoms with E-state index in [0.29, 0.717) is 18.7 Å². The molecule has 0 atom stereocenters. The van der Waals surface area contributed by atoms with Crippen LogP contribution in [0.1, 0.15) is 40.5 Å². The first-order chi connectivity index (χ1) is 8.76. The molecule has 1 saturated heterocycles. The summed E-state index contributed by atoms with van der Waals surface area (Å²) in [5, 5.41) is 11.6. The van der Waals surface area contributed by atoms with Crippen molar-refractivity contribution in [3.63, 3.8) is 0 Å². The maximum atomic E-state index is 10.2. The lowest BCUT2D eigenvalue weighted by atomic mass is 9.80. The Hall–Kier alpha value is -1.23. The van der Waals surface area contributed by atoms with Gasteiger partial charge in [-0.1, -0.05) is 6.57 Å². The van der Waals surface area contributed by atoms with Gasteiger partial charge in [-0.25, -0.2) is 0 Å². The van der Waals surface area contributed by atoms with Crippen molar-refractivity contribution in [1.29, 1.82) is 0 Å². The van der Waals surface area contributed by atoms with Gasteiger partial charge in [0.1, 0.15) is 6.10 Å². The van der Waals surface area contributed by atoms with Crippen molar-refractivity contribution in [1.82, 2.24) is 13.8 Å². The third-order valence-electron chi connectivity index (χ3n) is 3.43. The number of hydrogen-bond donors (Lipinski definition) is 1. The van der Waals surface area contributed by atoms with Gasteiger partial charge in [0.2, 0.25) is 0 Å². The zero-order valence-electron chi connectivity index (χ0n) is 11.5. The van der Waals surface area contributed by atoms with Crippen LogP contribution < -0.4 is 4.74 Å². The molecule has 1 aliphatic rings. The predicted molar refractivity (Wildman–Crippen MR) is 71.6 cm³/mol. The van der Waals surface area contributed by atoms with E-state index in [1.54, 1.807) is 0 Å². The molecule has 0 spiro atoms. The second kappa shape index (κ2) is 4.71. The third kappa shape index (κ3) is 2.71. The monoisotopic (exact) mass is 282 g/mol. The standard InChI is InChI=1S/C12H18N4O2S/c1-11(2)6-8(7-12(3,4)16(11)17)18-10-9(13-5)14-19-15-10/h8,17H,6-7H2,1-4H3. The number of hydroxylamine groups is 2. The van der Waals surface area contributed by atoms with Gasteiger partial charge in [0, 0.05) is 23.9 Å². The minimum absolute atomic E-state index is 0.0854. The SMILES string of the molecule is [C-]#[N+]c1nsnc1OC1CC(C)(C)N(O)C(C)(C)C1. The lowest BCUT2D eigenvalue weighted by Gasteiger charge is -2.50. The summed E-state index contributed by atoms with van der Waals surface area (Å²) in [7, 11) is 0. The summed E-state index contributed by atoms with van der Waals surface area (Å²) in [6.45, 7) is 14.9. The molecular formula is C12H18N4O2S. The van der Waals surface area contributed by atoms with Gasteiger partial charge in [-0.3, -0.25) is 0 Å². The second-order valence-electron chi connectivity index (χ2n) is 6.09. The van der Waals surface area contributed by atoms with E-state index >= 15 is 0 Å². The van der Waals surface area contributed by atoms with Crippen LogP contribution >= 0.6 is 11.7 Å². The number of aromatic nitrogens is 2. The molecule has 0 unspecified atom stereocenters. The highest BCUT2D eigenvalue weighted by atomic mass is 32.1. The first-order valence-electron chi connectivity index (χ1n) is 6.12. The smallest absolute Gasteiger partial charge is 0.347 e. The topological polar surface area (TPSA) is 62.8 Å². The fourth-order valence-corrected chi connectivity index (χ4v) is 3.17. The molecule has 0 saturated carbocycles. The van der Waals surface area contributed by atoms with E-state index < -0.39 is 0 Å². The van der Waals surface area contributed by atoms with Crippen LogP contribution in [0.4, 0.5) is 5.82 Å². The minimum Gasteiger partial charge on any atom is -0.481 e. The molecule has 0 radical (unpaired) electrons. The Morgan fingerprint density at radius 3 is 2.42 bits per heavy atom. The molecule has 0 aliphatic carbocycles. The van der Waals surface area contributed by atoms with Crippen molar-refractivity contribution >= 4 is 17.5 Å². The summed E-state index contributed by atoms with van der Waals surface area (Å²) in [5.74, 6) is 0.523. The normalized spacial score (nSPS) is 22.9. The highest BCUT2D eigenvalue weighted by molar-refractivity contribution is 6.99. The molecule has 1 aromatic heterocycles. The molecule has 1 aromatic rings. The summed E-state index contributed by atoms with van der Waals surface area (Å²) in [5.41, 5.74) is -0.762. The molecule has 2 heterocycles. The Kier molecular flexibility index (Phi) is 3.51. The highest BCUT2D eigenvalue weighted by Gasteiger charge is 2.46. The van der Waals surface area contributed by atoms with E-state index in [0.717, 1.165) is 11.7 Å². The number of nitrogens with zero attached hydrogens (tertiary/aromatic N) is 4. The first-order valence-corrected chi connectivity index (χ1v) is 6.85. The van der Waals surface area contributed by atoms with Crippen LogP contribution in [-0.2, 0) is 0 Å². The maximum absolute atomic E-state index is 10.2. The summed E-state index contributed by atoms with van der Waals surface area (Å²) in [4.78, 5) is 3.29. The van der Waals surface area contributed by atoms with Crippen molar-refractivity contribution in [2.24, 2.45) is 0 Å². The van der Waals surface area contributed by atoms with Crippen LogP contribution in [0.15, 0.2) is 0 Å². The van der Waals surface area contributed by atoms with E-state index in [1.807, 2.05) is 27.7 Å². The number of hydrogen-bond acceptors (Lipinski definition) is 6. The van der Waals surface area contributed by atoms with Gasteiger partial charge < -0.3 is 14.8 Å². The molecule has 7 heteroatoms. The van der Waals surface area contributed by atoms with Gasteiger partial charge in [0.15, 0.2) is 11.7 Å². The van der Waals surface area contributed by atoms with Crippen LogP contribution in [0.5, 0.6) is 5.88 Å². The van der Waals surface area contributed by atoms with E-state index in [2.05, 4.69) is 13.6 Å². The van der Waals surface area contributed by atoms with Gasteiger partial charge in [-0.15, -0.1) is 4.37 Å². The van der Waals surface area contributed by atoms with Crippen LogP contribution in [0.2, 0.25) is 0 Å². The number of ether oxygens (including phenoxy) is 1. The van der Waals surface area contributed by atoms with Crippen molar-refractivity contribution in [3.05, 3.63) is 11.4 Å². The molecular weight excluding hydrogens is 264 g/mol. The average Bonchev–Trinajstić information content (AvgIpc) is 2.72. The van der Waals surface area contributed by atoms with Gasteiger partial charge >= 0.3 is 5.82 Å². The molecule has 19 heavy (non-hydrogen) atoms. The zero-order chi connectivity index (χ0) is 14.3. The average molecular weight is 282 g/mol. The van der Waals surface area contributed by atoms with Crippen LogP contribution in [0, 0.1) is 6.57 Å². The maximum Gasteiger partial charge on any atom is 0.347 e. The fraction of sp³-hybridized carbons (Fsp3) is 0.750. The molecule has 6 nitrogen and oxygen atoms in total. The molecule has 104 valence electrons. The first kappa shape index (κ1) is 14.2. The van der Waals surface area contributed by atoms with Gasteiger partial charge in [0.25, 0.3) is 5.88 Å². The van der Waals surface area contributed by atoms with Crippen molar-refractivity contribution in [3.8, 4) is 5.88 Å². The van der Waals surface area contributed by atoms with Gasteiger partial charge in [-0.2, -0.15) is 5.06 Å². The Labute approximate surface area is 117 Å². The lowest BCUT2D eigenvalue weighted by Crippen LogP contribution is -2.61. The molecule has 2 rings (SSSR count). The molecule has 1 aliphatic heterocycles. The molecule has 0 bridgehead atoms. The van der Waals surface area contributed by atoms with Crippen LogP contribution in [0.3, 0.4) is 0 Å². The third-order valence-corrected chi connectivity index (χ3v) is 3.93. The molecule has 0 amide bonds. The van der Waals surface area contributed by atoms with Crippen molar-refractivity contribution in [2.75, 3.05) is 0 Å². The van der Waals surface area contributed by atoms with Crippen molar-refractivity contribution < 1.29 is 9.94 Å². The highest BCUT2D eigenvalue weighted by Crippen LogP contribution is 2.39. The Bertz CT molecular complexity index is 488. The predicted octanol–water partition coefficient (Wildman–Crippen LogP) is 2.88. The summed E-state index contributed by atoms with van der Waals surface area (Å²) in [6.07, 6.45) is 1.25. The van der Waals surface area contributed by atoms with E-state index in [1.165, 1.54) is 5.06 Å². The van der Waals surface area contributed by atoms with Crippen molar-refractivity contribution in [2.45, 2.75) is 57.7 Å². The summed E-state index contributed by atoms with van der Waals surface area (Å²) >= 11 is 0.981. The Balaban J connectivity index is 2.17. The van der Waals surface area contributed by atoms with Gasteiger partial charge in [-0.05, 0) is 32.1 Å². The molecule has 1 fully saturated rings. The quantitative estimate of drug-likeness (QED) is 0.845.